The first kappa shape index (κ1) is 22.8. The Morgan fingerprint density at radius 3 is 2.28 bits per heavy atom. The first-order valence-electron chi connectivity index (χ1n) is 9.44. The lowest BCUT2D eigenvalue weighted by Gasteiger charge is -2.27. The maximum absolute atomic E-state index is 13.4. The summed E-state index contributed by atoms with van der Waals surface area (Å²) < 4.78 is 34.0. The highest BCUT2D eigenvalue weighted by atomic mass is 32.2. The van der Waals surface area contributed by atoms with E-state index < -0.39 is 22.0 Å². The summed E-state index contributed by atoms with van der Waals surface area (Å²) in [6.45, 7) is 7.06. The van der Waals surface area contributed by atoms with Crippen LogP contribution in [0, 0.1) is 13.8 Å². The predicted octanol–water partition coefficient (Wildman–Crippen LogP) is 3.10. The number of aromatic nitrogens is 1. The molecule has 1 aromatic heterocycles. The third-order valence-corrected chi connectivity index (χ3v) is 7.15. The molecule has 158 valence electrons. The van der Waals surface area contributed by atoms with Gasteiger partial charge in [0.15, 0.2) is 5.78 Å². The van der Waals surface area contributed by atoms with E-state index in [1.165, 1.54) is 23.5 Å². The number of esters is 1. The molecule has 8 heteroatoms. The van der Waals surface area contributed by atoms with E-state index in [0.29, 0.717) is 23.2 Å². The lowest BCUT2D eigenvalue weighted by Crippen LogP contribution is -2.44. The van der Waals surface area contributed by atoms with Crippen molar-refractivity contribution in [3.05, 3.63) is 52.8 Å². The Kier molecular flexibility index (Phi) is 7.02. The van der Waals surface area contributed by atoms with Crippen LogP contribution in [-0.2, 0) is 21.8 Å². The predicted molar refractivity (Wildman–Crippen MR) is 111 cm³/mol. The van der Waals surface area contributed by atoms with Crippen LogP contribution in [0.5, 0.6) is 0 Å². The minimum absolute atomic E-state index is 0.143. The second-order valence-corrected chi connectivity index (χ2v) is 8.84. The van der Waals surface area contributed by atoms with Gasteiger partial charge in [-0.05, 0) is 44.9 Å². The molecule has 0 aliphatic rings. The van der Waals surface area contributed by atoms with Crippen molar-refractivity contribution in [3.8, 4) is 0 Å². The zero-order valence-electron chi connectivity index (χ0n) is 17.7. The maximum Gasteiger partial charge on any atom is 0.354 e. The molecular formula is C21H28N2O5S. The van der Waals surface area contributed by atoms with Gasteiger partial charge in [0, 0.05) is 24.8 Å². The summed E-state index contributed by atoms with van der Waals surface area (Å²) in [4.78, 5) is 25.7. The topological polar surface area (TPSA) is 85.7 Å². The molecule has 0 saturated carbocycles. The first-order chi connectivity index (χ1) is 13.6. The molecule has 1 atom stereocenters. The van der Waals surface area contributed by atoms with E-state index in [9.17, 15) is 18.0 Å². The number of ether oxygens (including phenoxy) is 1. The Bertz CT molecular complexity index is 1010. The molecule has 7 nitrogen and oxygen atoms in total. The van der Waals surface area contributed by atoms with Crippen LogP contribution in [0.4, 0.5) is 0 Å². The highest BCUT2D eigenvalue weighted by Gasteiger charge is 2.35. The second kappa shape index (κ2) is 8.92. The Labute approximate surface area is 172 Å². The fourth-order valence-electron chi connectivity index (χ4n) is 3.54. The third kappa shape index (κ3) is 4.13. The summed E-state index contributed by atoms with van der Waals surface area (Å²) in [5, 5.41) is 0. The minimum Gasteiger partial charge on any atom is -0.464 e. The highest BCUT2D eigenvalue weighted by molar-refractivity contribution is 7.89. The molecule has 0 aliphatic carbocycles. The molecular weight excluding hydrogens is 392 g/mol. The average molecular weight is 421 g/mol. The number of Topliss-reactive ketones (excluding diaryl/α,β-unsaturated/α-hetero) is 1. The zero-order chi connectivity index (χ0) is 21.9. The van der Waals surface area contributed by atoms with Crippen LogP contribution < -0.4 is 0 Å². The molecule has 0 radical (unpaired) electrons. The van der Waals surface area contributed by atoms with Crippen molar-refractivity contribution < 1.29 is 22.7 Å². The molecule has 29 heavy (non-hydrogen) atoms. The number of benzene rings is 1. The molecule has 2 rings (SSSR count). The fourth-order valence-corrected chi connectivity index (χ4v) is 5.24. The van der Waals surface area contributed by atoms with E-state index in [1.807, 2.05) is 6.92 Å². The van der Waals surface area contributed by atoms with Crippen molar-refractivity contribution in [2.24, 2.45) is 7.05 Å². The van der Waals surface area contributed by atoms with Gasteiger partial charge in [0.05, 0.1) is 18.0 Å². The lowest BCUT2D eigenvalue weighted by atomic mass is 10.0. The van der Waals surface area contributed by atoms with Gasteiger partial charge in [-0.3, -0.25) is 4.79 Å². The number of carbonyl (C=O) groups excluding carboxylic acids is 2. The molecule has 0 bridgehead atoms. The second-order valence-electron chi connectivity index (χ2n) is 6.95. The molecule has 1 aromatic carbocycles. The summed E-state index contributed by atoms with van der Waals surface area (Å²) in [6, 6.07) is 7.15. The van der Waals surface area contributed by atoms with Gasteiger partial charge in [-0.25, -0.2) is 13.2 Å². The quantitative estimate of drug-likeness (QED) is 0.484. The van der Waals surface area contributed by atoms with Crippen molar-refractivity contribution in [1.29, 1.82) is 0 Å². The van der Waals surface area contributed by atoms with E-state index in [0.717, 1.165) is 0 Å². The van der Waals surface area contributed by atoms with Gasteiger partial charge in [0.1, 0.15) is 5.69 Å². The largest absolute Gasteiger partial charge is 0.464 e. The minimum atomic E-state index is -3.85. The normalized spacial score (nSPS) is 12.8. The van der Waals surface area contributed by atoms with E-state index >= 15 is 0 Å². The van der Waals surface area contributed by atoms with Gasteiger partial charge in [-0.2, -0.15) is 4.31 Å². The van der Waals surface area contributed by atoms with E-state index in [-0.39, 0.29) is 22.9 Å². The van der Waals surface area contributed by atoms with Crippen LogP contribution in [0.1, 0.15) is 52.4 Å². The summed E-state index contributed by atoms with van der Waals surface area (Å²) in [5.41, 5.74) is 1.72. The molecule has 0 aliphatic heterocycles. The summed E-state index contributed by atoms with van der Waals surface area (Å²) in [7, 11) is -0.889. The Balaban J connectivity index is 2.53. The van der Waals surface area contributed by atoms with Crippen LogP contribution in [0.3, 0.4) is 0 Å². The Hall–Kier alpha value is -2.45. The molecule has 0 spiro atoms. The molecule has 2 aromatic rings. The van der Waals surface area contributed by atoms with E-state index in [2.05, 4.69) is 0 Å². The fraction of sp³-hybridized carbons (Fsp3) is 0.429. The van der Waals surface area contributed by atoms with Crippen molar-refractivity contribution >= 4 is 21.8 Å². The number of carbonyl (C=O) groups is 2. The molecule has 0 amide bonds. The first-order valence-corrected chi connectivity index (χ1v) is 10.9. The van der Waals surface area contributed by atoms with Gasteiger partial charge in [0.25, 0.3) is 0 Å². The smallest absolute Gasteiger partial charge is 0.354 e. The molecule has 1 heterocycles. The molecule has 0 saturated heterocycles. The van der Waals surface area contributed by atoms with Gasteiger partial charge in [0.2, 0.25) is 10.0 Å². The van der Waals surface area contributed by atoms with Crippen LogP contribution >= 0.6 is 0 Å². The maximum atomic E-state index is 13.4. The Morgan fingerprint density at radius 1 is 1.17 bits per heavy atom. The van der Waals surface area contributed by atoms with Gasteiger partial charge in [-0.1, -0.05) is 25.1 Å². The standard InChI is InChI=1S/C21H28N2O5S/c1-7-13-23(29(26,27)17-11-9-8-10-12-17)16(4)20(24)18-14(2)19(21(25)28-6)22(5)15(18)3/h8-12,16H,7,13H2,1-6H3/t16-/m1/s1. The summed E-state index contributed by atoms with van der Waals surface area (Å²) >= 11 is 0. The van der Waals surface area contributed by atoms with Crippen molar-refractivity contribution in [3.63, 3.8) is 0 Å². The number of rotatable bonds is 8. The zero-order valence-corrected chi connectivity index (χ0v) is 18.5. The van der Waals surface area contributed by atoms with Crippen LogP contribution in [0.2, 0.25) is 0 Å². The molecule has 0 N–H and O–H groups in total. The number of ketones is 1. The number of sulfonamides is 1. The van der Waals surface area contributed by atoms with Gasteiger partial charge < -0.3 is 9.30 Å². The van der Waals surface area contributed by atoms with Gasteiger partial charge >= 0.3 is 5.97 Å². The Morgan fingerprint density at radius 2 is 1.76 bits per heavy atom. The molecule has 0 fully saturated rings. The van der Waals surface area contributed by atoms with Crippen LogP contribution in [0.25, 0.3) is 0 Å². The SMILES string of the molecule is CCCN([C@H](C)C(=O)c1c(C)c(C(=O)OC)n(C)c1C)S(=O)(=O)c1ccccc1. The summed E-state index contributed by atoms with van der Waals surface area (Å²) in [5.74, 6) is -0.888. The van der Waals surface area contributed by atoms with E-state index in [4.69, 9.17) is 4.74 Å². The van der Waals surface area contributed by atoms with Crippen molar-refractivity contribution in [2.45, 2.75) is 45.1 Å². The average Bonchev–Trinajstić information content (AvgIpc) is 2.93. The third-order valence-electron chi connectivity index (χ3n) is 5.16. The van der Waals surface area contributed by atoms with Crippen LogP contribution in [-0.4, -0.2) is 48.7 Å². The van der Waals surface area contributed by atoms with Crippen molar-refractivity contribution in [1.82, 2.24) is 8.87 Å². The monoisotopic (exact) mass is 420 g/mol. The van der Waals surface area contributed by atoms with Crippen molar-refractivity contribution in [2.75, 3.05) is 13.7 Å². The number of hydrogen-bond donors (Lipinski definition) is 0. The summed E-state index contributed by atoms with van der Waals surface area (Å²) in [6.07, 6.45) is 0.559. The number of hydrogen-bond acceptors (Lipinski definition) is 5. The van der Waals surface area contributed by atoms with Gasteiger partial charge in [-0.15, -0.1) is 0 Å². The van der Waals surface area contributed by atoms with Crippen LogP contribution in [0.15, 0.2) is 35.2 Å². The van der Waals surface area contributed by atoms with E-state index in [1.54, 1.807) is 50.6 Å². The number of methoxy groups -OCH3 is 1. The molecule has 0 unspecified atom stereocenters. The number of nitrogens with zero attached hydrogens (tertiary/aromatic N) is 2. The lowest BCUT2D eigenvalue weighted by molar-refractivity contribution is 0.0588. The highest BCUT2D eigenvalue weighted by Crippen LogP contribution is 2.26.